The van der Waals surface area contributed by atoms with Crippen molar-refractivity contribution < 1.29 is 9.53 Å². The van der Waals surface area contributed by atoms with Crippen LogP contribution in [-0.4, -0.2) is 40.6 Å². The molecule has 24 heavy (non-hydrogen) atoms. The van der Waals surface area contributed by atoms with Gasteiger partial charge in [-0.1, -0.05) is 26.0 Å². The van der Waals surface area contributed by atoms with E-state index in [1.54, 1.807) is 0 Å². The van der Waals surface area contributed by atoms with Gasteiger partial charge in [0, 0.05) is 20.1 Å². The zero-order valence-corrected chi connectivity index (χ0v) is 14.9. The summed E-state index contributed by atoms with van der Waals surface area (Å²) in [4.78, 5) is 19.6. The van der Waals surface area contributed by atoms with Gasteiger partial charge in [-0.15, -0.1) is 0 Å². The first kappa shape index (κ1) is 15.6. The fraction of sp³-hybridized carbons (Fsp3) is 0.579. The van der Waals surface area contributed by atoms with Crippen molar-refractivity contribution in [1.82, 2.24) is 14.5 Å². The average molecular weight is 327 g/mol. The molecule has 2 heterocycles. The van der Waals surface area contributed by atoms with Crippen molar-refractivity contribution in [3.05, 3.63) is 30.1 Å². The molecule has 1 aliphatic carbocycles. The zero-order valence-electron chi connectivity index (χ0n) is 14.9. The maximum absolute atomic E-state index is 12.4. The molecule has 0 unspecified atom stereocenters. The second kappa shape index (κ2) is 5.06. The number of hydrogen-bond acceptors (Lipinski definition) is 4. The molecule has 0 bridgehead atoms. The number of benzene rings is 1. The number of carbonyl (C=O) groups is 1. The highest BCUT2D eigenvalue weighted by Crippen LogP contribution is 2.63. The molecule has 4 rings (SSSR count). The minimum atomic E-state index is -0.317. The predicted molar refractivity (Wildman–Crippen MR) is 92.3 cm³/mol. The summed E-state index contributed by atoms with van der Waals surface area (Å²) in [7, 11) is 3.57. The molecule has 5 nitrogen and oxygen atoms in total. The van der Waals surface area contributed by atoms with Gasteiger partial charge >= 0.3 is 5.97 Å². The summed E-state index contributed by atoms with van der Waals surface area (Å²) in [5.41, 5.74) is 2.07. The molecular formula is C19H25N3O2. The minimum Gasteiger partial charge on any atom is -0.469 e. The quantitative estimate of drug-likeness (QED) is 0.813. The van der Waals surface area contributed by atoms with E-state index in [0.29, 0.717) is 5.92 Å². The van der Waals surface area contributed by atoms with Gasteiger partial charge in [0.05, 0.1) is 30.1 Å². The van der Waals surface area contributed by atoms with E-state index in [2.05, 4.69) is 36.4 Å². The topological polar surface area (TPSA) is 47.4 Å². The normalized spacial score (nSPS) is 28.6. The molecule has 0 N–H and O–H groups in total. The third-order valence-corrected chi connectivity index (χ3v) is 6.16. The molecular weight excluding hydrogens is 302 g/mol. The highest BCUT2D eigenvalue weighted by molar-refractivity contribution is 5.80. The summed E-state index contributed by atoms with van der Waals surface area (Å²) < 4.78 is 7.29. The Hall–Kier alpha value is -1.88. The highest BCUT2D eigenvalue weighted by Gasteiger charge is 2.67. The van der Waals surface area contributed by atoms with Crippen molar-refractivity contribution >= 4 is 17.0 Å². The van der Waals surface area contributed by atoms with E-state index in [9.17, 15) is 4.79 Å². The Morgan fingerprint density at radius 1 is 1.38 bits per heavy atom. The van der Waals surface area contributed by atoms with Crippen LogP contribution in [-0.2, 0) is 23.1 Å². The molecule has 128 valence electrons. The van der Waals surface area contributed by atoms with Crippen LogP contribution < -0.4 is 0 Å². The SMILES string of the molecule is COC(=O)[C@@]12CN(Cc3nc4ccccc4n3C)C[C@@H]1C(C)(C)C2. The second-order valence-corrected chi connectivity index (χ2v) is 8.11. The van der Waals surface area contributed by atoms with Gasteiger partial charge in [-0.2, -0.15) is 0 Å². The monoisotopic (exact) mass is 327 g/mol. The third kappa shape index (κ3) is 2.04. The lowest BCUT2D eigenvalue weighted by Gasteiger charge is -2.54. The number of aryl methyl sites for hydroxylation is 1. The van der Waals surface area contributed by atoms with E-state index in [1.165, 1.54) is 7.11 Å². The Bertz CT molecular complexity index is 810. The number of esters is 1. The van der Waals surface area contributed by atoms with Gasteiger partial charge in [0.1, 0.15) is 5.82 Å². The number of ether oxygens (including phenoxy) is 1. The van der Waals surface area contributed by atoms with Crippen LogP contribution in [0.25, 0.3) is 11.0 Å². The van der Waals surface area contributed by atoms with Gasteiger partial charge in [0.2, 0.25) is 0 Å². The van der Waals surface area contributed by atoms with E-state index in [1.807, 2.05) is 18.2 Å². The van der Waals surface area contributed by atoms with E-state index < -0.39 is 0 Å². The highest BCUT2D eigenvalue weighted by atomic mass is 16.5. The molecule has 2 aliphatic rings. The number of fused-ring (bicyclic) bond motifs is 2. The van der Waals surface area contributed by atoms with Gasteiger partial charge in [-0.05, 0) is 29.9 Å². The van der Waals surface area contributed by atoms with E-state index in [0.717, 1.165) is 42.9 Å². The Kier molecular flexibility index (Phi) is 3.29. The van der Waals surface area contributed by atoms with Crippen molar-refractivity contribution in [2.45, 2.75) is 26.8 Å². The summed E-state index contributed by atoms with van der Waals surface area (Å²) in [6.45, 7) is 7.01. The van der Waals surface area contributed by atoms with Gasteiger partial charge in [-0.3, -0.25) is 9.69 Å². The van der Waals surface area contributed by atoms with Gasteiger partial charge in [0.15, 0.2) is 0 Å². The van der Waals surface area contributed by atoms with Crippen LogP contribution >= 0.6 is 0 Å². The van der Waals surface area contributed by atoms with Crippen LogP contribution in [0.4, 0.5) is 0 Å². The summed E-state index contributed by atoms with van der Waals surface area (Å²) >= 11 is 0. The Balaban J connectivity index is 1.60. The molecule has 2 aromatic rings. The first-order valence-corrected chi connectivity index (χ1v) is 8.58. The van der Waals surface area contributed by atoms with Crippen LogP contribution in [0, 0.1) is 16.7 Å². The van der Waals surface area contributed by atoms with Gasteiger partial charge in [-0.25, -0.2) is 4.98 Å². The number of methoxy groups -OCH3 is 1. The van der Waals surface area contributed by atoms with Gasteiger partial charge in [0.25, 0.3) is 0 Å². The largest absolute Gasteiger partial charge is 0.469 e. The Morgan fingerprint density at radius 2 is 2.12 bits per heavy atom. The van der Waals surface area contributed by atoms with Crippen molar-refractivity contribution in [3.63, 3.8) is 0 Å². The molecule has 0 spiro atoms. The molecule has 0 amide bonds. The lowest BCUT2D eigenvalue weighted by Crippen LogP contribution is -2.57. The van der Waals surface area contributed by atoms with Crippen molar-refractivity contribution in [1.29, 1.82) is 0 Å². The lowest BCUT2D eigenvalue weighted by atomic mass is 9.48. The maximum atomic E-state index is 12.4. The molecule has 1 aromatic carbocycles. The molecule has 1 saturated carbocycles. The molecule has 1 saturated heterocycles. The average Bonchev–Trinajstić information content (AvgIpc) is 3.04. The van der Waals surface area contributed by atoms with Crippen molar-refractivity contribution in [2.24, 2.45) is 23.8 Å². The van der Waals surface area contributed by atoms with Crippen LogP contribution in [0.5, 0.6) is 0 Å². The number of imidazole rings is 1. The molecule has 5 heteroatoms. The number of hydrogen-bond donors (Lipinski definition) is 0. The first-order valence-electron chi connectivity index (χ1n) is 8.58. The number of nitrogens with zero attached hydrogens (tertiary/aromatic N) is 3. The number of rotatable bonds is 3. The molecule has 2 atom stereocenters. The van der Waals surface area contributed by atoms with E-state index in [-0.39, 0.29) is 16.8 Å². The lowest BCUT2D eigenvalue weighted by molar-refractivity contribution is -0.174. The van der Waals surface area contributed by atoms with Crippen LogP contribution in [0.1, 0.15) is 26.1 Å². The summed E-state index contributed by atoms with van der Waals surface area (Å²) in [6, 6.07) is 8.20. The second-order valence-electron chi connectivity index (χ2n) is 8.11. The molecule has 1 aliphatic heterocycles. The van der Waals surface area contributed by atoms with Crippen LogP contribution in [0.3, 0.4) is 0 Å². The number of para-hydroxylation sites is 2. The summed E-state index contributed by atoms with van der Waals surface area (Å²) in [6.07, 6.45) is 0.913. The van der Waals surface area contributed by atoms with Crippen LogP contribution in [0.15, 0.2) is 24.3 Å². The smallest absolute Gasteiger partial charge is 0.313 e. The van der Waals surface area contributed by atoms with Crippen LogP contribution in [0.2, 0.25) is 0 Å². The summed E-state index contributed by atoms with van der Waals surface area (Å²) in [5.74, 6) is 1.38. The maximum Gasteiger partial charge on any atom is 0.313 e. The molecule has 2 fully saturated rings. The van der Waals surface area contributed by atoms with Crippen molar-refractivity contribution in [3.8, 4) is 0 Å². The van der Waals surface area contributed by atoms with Crippen molar-refractivity contribution in [2.75, 3.05) is 20.2 Å². The Morgan fingerprint density at radius 3 is 2.79 bits per heavy atom. The zero-order chi connectivity index (χ0) is 17.1. The summed E-state index contributed by atoms with van der Waals surface area (Å²) in [5, 5.41) is 0. The predicted octanol–water partition coefficient (Wildman–Crippen LogP) is 2.59. The standard InChI is InChI=1S/C19H25N3O2/c1-18(2)11-19(17(23)24-4)12-22(9-15(18)19)10-16-20-13-7-5-6-8-14(13)21(16)3/h5-8,15H,9-12H2,1-4H3/t15-,19+/m1/s1. The van der Waals surface area contributed by atoms with Gasteiger partial charge < -0.3 is 9.30 Å². The number of aromatic nitrogens is 2. The molecule has 0 radical (unpaired) electrons. The first-order chi connectivity index (χ1) is 11.4. The number of likely N-dealkylation sites (tertiary alicyclic amines) is 1. The molecule has 1 aromatic heterocycles. The third-order valence-electron chi connectivity index (χ3n) is 6.16. The number of carbonyl (C=O) groups excluding carboxylic acids is 1. The fourth-order valence-corrected chi connectivity index (χ4v) is 5.13. The van der Waals surface area contributed by atoms with E-state index in [4.69, 9.17) is 9.72 Å². The minimum absolute atomic E-state index is 0.0423. The fourth-order valence-electron chi connectivity index (χ4n) is 5.13. The Labute approximate surface area is 142 Å². The van der Waals surface area contributed by atoms with E-state index >= 15 is 0 Å².